The van der Waals surface area contributed by atoms with Gasteiger partial charge in [-0.25, -0.2) is 8.42 Å². The summed E-state index contributed by atoms with van der Waals surface area (Å²) in [6.07, 6.45) is 4.25. The first-order chi connectivity index (χ1) is 13.8. The van der Waals surface area contributed by atoms with E-state index in [0.29, 0.717) is 30.5 Å². The average molecular weight is 423 g/mol. The number of hydrogen-bond acceptors (Lipinski definition) is 3. The minimum Gasteiger partial charge on any atom is -0.349 e. The first kappa shape index (κ1) is 22.2. The minimum atomic E-state index is -3.51. The maximum absolute atomic E-state index is 13.0. The molecule has 2 N–H and O–H groups in total. The van der Waals surface area contributed by atoms with Crippen molar-refractivity contribution in [1.82, 2.24) is 9.62 Å². The van der Waals surface area contributed by atoms with Crippen LogP contribution in [0, 0.1) is 11.8 Å². The second-order valence-electron chi connectivity index (χ2n) is 9.04. The number of benzene rings is 1. The first-order valence-electron chi connectivity index (χ1n) is 11.0. The van der Waals surface area contributed by atoms with Gasteiger partial charge in [0.2, 0.25) is 10.0 Å². The molecule has 0 unspecified atom stereocenters. The van der Waals surface area contributed by atoms with Gasteiger partial charge in [-0.1, -0.05) is 20.8 Å². The monoisotopic (exact) mass is 422 g/mol. The van der Waals surface area contributed by atoms with Crippen molar-refractivity contribution in [3.8, 4) is 0 Å². The molecule has 6 nitrogen and oxygen atoms in total. The van der Waals surface area contributed by atoms with E-state index in [9.17, 15) is 13.2 Å². The number of rotatable bonds is 6. The number of nitrogens with zero attached hydrogens (tertiary/aromatic N) is 1. The Balaban J connectivity index is 1.60. The third-order valence-electron chi connectivity index (χ3n) is 6.22. The van der Waals surface area contributed by atoms with Gasteiger partial charge in [-0.15, -0.1) is 0 Å². The van der Waals surface area contributed by atoms with Gasteiger partial charge in [0, 0.05) is 37.5 Å². The highest BCUT2D eigenvalue weighted by Gasteiger charge is 2.31. The Hall–Kier alpha value is -1.44. The van der Waals surface area contributed by atoms with Crippen molar-refractivity contribution in [2.24, 2.45) is 11.8 Å². The van der Waals surface area contributed by atoms with Crippen LogP contribution in [0.1, 0.15) is 56.8 Å². The fourth-order valence-electron chi connectivity index (χ4n) is 4.77. The second-order valence-corrected chi connectivity index (χ2v) is 11.0. The Labute approximate surface area is 175 Å². The van der Waals surface area contributed by atoms with E-state index in [1.807, 2.05) is 0 Å². The lowest BCUT2D eigenvalue weighted by Gasteiger charge is -2.34. The third kappa shape index (κ3) is 5.58. The van der Waals surface area contributed by atoms with Crippen LogP contribution in [0.4, 0.5) is 0 Å². The van der Waals surface area contributed by atoms with Gasteiger partial charge in [0.05, 0.1) is 24.5 Å². The maximum atomic E-state index is 13.0. The number of amides is 1. The predicted molar refractivity (Wildman–Crippen MR) is 114 cm³/mol. The molecule has 3 rings (SSSR count). The average Bonchev–Trinajstić information content (AvgIpc) is 2.69. The highest BCUT2D eigenvalue weighted by molar-refractivity contribution is 7.89. The maximum Gasteiger partial charge on any atom is 0.251 e. The molecule has 0 radical (unpaired) electrons. The van der Waals surface area contributed by atoms with Crippen LogP contribution in [0.2, 0.25) is 0 Å². The first-order valence-corrected chi connectivity index (χ1v) is 12.5. The molecule has 0 saturated carbocycles. The lowest BCUT2D eigenvalue weighted by atomic mass is 9.94. The lowest BCUT2D eigenvalue weighted by molar-refractivity contribution is -0.905. The molecule has 2 aliphatic heterocycles. The van der Waals surface area contributed by atoms with Crippen molar-refractivity contribution in [3.63, 3.8) is 0 Å². The van der Waals surface area contributed by atoms with E-state index in [1.54, 1.807) is 33.5 Å². The number of hydrogen-bond donors (Lipinski definition) is 2. The van der Waals surface area contributed by atoms with Crippen LogP contribution in [0.3, 0.4) is 0 Å². The van der Waals surface area contributed by atoms with Crippen LogP contribution >= 0.6 is 0 Å². The summed E-state index contributed by atoms with van der Waals surface area (Å²) in [6, 6.07) is 6.62. The summed E-state index contributed by atoms with van der Waals surface area (Å²) in [5, 5.41) is 3.12. The summed E-state index contributed by atoms with van der Waals surface area (Å²) in [7, 11) is -3.51. The van der Waals surface area contributed by atoms with Gasteiger partial charge in [0.1, 0.15) is 0 Å². The normalized spacial score (nSPS) is 28.8. The molecule has 2 saturated heterocycles. The Morgan fingerprint density at radius 1 is 1.10 bits per heavy atom. The molecule has 2 heterocycles. The zero-order valence-electron chi connectivity index (χ0n) is 18.0. The Morgan fingerprint density at radius 3 is 2.24 bits per heavy atom. The molecule has 1 aromatic carbocycles. The van der Waals surface area contributed by atoms with Crippen molar-refractivity contribution in [2.75, 3.05) is 32.7 Å². The van der Waals surface area contributed by atoms with E-state index in [2.05, 4.69) is 26.1 Å². The highest BCUT2D eigenvalue weighted by atomic mass is 32.2. The van der Waals surface area contributed by atoms with Gasteiger partial charge in [0.15, 0.2) is 0 Å². The molecular weight excluding hydrogens is 386 g/mol. The van der Waals surface area contributed by atoms with E-state index in [4.69, 9.17) is 0 Å². The predicted octanol–water partition coefficient (Wildman–Crippen LogP) is 1.54. The molecule has 162 valence electrons. The fourth-order valence-corrected chi connectivity index (χ4v) is 6.45. The summed E-state index contributed by atoms with van der Waals surface area (Å²) in [6.45, 7) is 10.9. The molecular formula is C22H36N3O3S+. The molecule has 0 bridgehead atoms. The van der Waals surface area contributed by atoms with E-state index in [1.165, 1.54) is 13.0 Å². The number of nitrogens with one attached hydrogen (secondary N) is 2. The standard InChI is InChI=1S/C22H35N3O3S/c1-4-11-24-12-9-20(10-13-24)23-22(26)19-5-7-21(8-6-19)29(27,28)25-15-17(2)14-18(3)16-25/h5-8,17-18,20H,4,9-16H2,1-3H3,(H,23,26)/p+1/t17-,18+. The number of quaternary nitrogens is 1. The summed E-state index contributed by atoms with van der Waals surface area (Å²) in [5.74, 6) is 0.617. The van der Waals surface area contributed by atoms with Crippen LogP contribution in [0.15, 0.2) is 29.2 Å². The summed E-state index contributed by atoms with van der Waals surface area (Å²) >= 11 is 0. The Morgan fingerprint density at radius 2 is 1.69 bits per heavy atom. The Bertz CT molecular complexity index is 776. The second kappa shape index (κ2) is 9.58. The van der Waals surface area contributed by atoms with E-state index in [0.717, 1.165) is 32.4 Å². The highest BCUT2D eigenvalue weighted by Crippen LogP contribution is 2.26. The zero-order valence-corrected chi connectivity index (χ0v) is 18.8. The van der Waals surface area contributed by atoms with Crippen LogP contribution in [-0.2, 0) is 10.0 Å². The lowest BCUT2D eigenvalue weighted by Crippen LogP contribution is -3.13. The molecule has 29 heavy (non-hydrogen) atoms. The van der Waals surface area contributed by atoms with E-state index < -0.39 is 10.0 Å². The smallest absolute Gasteiger partial charge is 0.251 e. The van der Waals surface area contributed by atoms with Gasteiger partial charge >= 0.3 is 0 Å². The SMILES string of the molecule is CCC[NH+]1CCC(NC(=O)c2ccc(S(=O)(=O)N3C[C@H](C)C[C@H](C)C3)cc2)CC1. The fraction of sp³-hybridized carbons (Fsp3) is 0.682. The Kier molecular flexibility index (Phi) is 7.35. The van der Waals surface area contributed by atoms with E-state index in [-0.39, 0.29) is 16.8 Å². The van der Waals surface area contributed by atoms with Crippen molar-refractivity contribution < 1.29 is 18.1 Å². The van der Waals surface area contributed by atoms with Crippen LogP contribution in [0.25, 0.3) is 0 Å². The van der Waals surface area contributed by atoms with E-state index >= 15 is 0 Å². The number of sulfonamides is 1. The molecule has 7 heteroatoms. The van der Waals surface area contributed by atoms with Crippen LogP contribution < -0.4 is 10.2 Å². The molecule has 0 aromatic heterocycles. The number of likely N-dealkylation sites (tertiary alicyclic amines) is 1. The largest absolute Gasteiger partial charge is 0.349 e. The molecule has 2 atom stereocenters. The topological polar surface area (TPSA) is 70.9 Å². The summed E-state index contributed by atoms with van der Waals surface area (Å²) in [5.41, 5.74) is 0.521. The molecule has 1 aromatic rings. The molecule has 2 fully saturated rings. The molecule has 0 aliphatic carbocycles. The third-order valence-corrected chi connectivity index (χ3v) is 8.07. The van der Waals surface area contributed by atoms with Gasteiger partial charge in [-0.2, -0.15) is 4.31 Å². The van der Waals surface area contributed by atoms with Gasteiger partial charge in [-0.05, 0) is 48.9 Å². The van der Waals surface area contributed by atoms with Gasteiger partial charge in [0.25, 0.3) is 5.91 Å². The molecule has 0 spiro atoms. The van der Waals surface area contributed by atoms with Crippen molar-refractivity contribution in [1.29, 1.82) is 0 Å². The zero-order chi connectivity index (χ0) is 21.0. The van der Waals surface area contributed by atoms with Crippen LogP contribution in [-0.4, -0.2) is 57.4 Å². The van der Waals surface area contributed by atoms with Crippen molar-refractivity contribution in [3.05, 3.63) is 29.8 Å². The quantitative estimate of drug-likeness (QED) is 0.731. The molecule has 2 aliphatic rings. The summed E-state index contributed by atoms with van der Waals surface area (Å²) < 4.78 is 27.6. The summed E-state index contributed by atoms with van der Waals surface area (Å²) in [4.78, 5) is 14.5. The number of carbonyl (C=O) groups is 1. The van der Waals surface area contributed by atoms with Gasteiger partial charge in [-0.3, -0.25) is 4.79 Å². The van der Waals surface area contributed by atoms with Crippen LogP contribution in [0.5, 0.6) is 0 Å². The molecule has 1 amide bonds. The van der Waals surface area contributed by atoms with Crippen molar-refractivity contribution >= 4 is 15.9 Å². The van der Waals surface area contributed by atoms with Gasteiger partial charge < -0.3 is 10.2 Å². The van der Waals surface area contributed by atoms with Crippen molar-refractivity contribution in [2.45, 2.75) is 57.4 Å². The minimum absolute atomic E-state index is 0.113. The number of carbonyl (C=O) groups excluding carboxylic acids is 1. The number of piperidine rings is 2.